The summed E-state index contributed by atoms with van der Waals surface area (Å²) in [5.74, 6) is 0.409. The molecule has 6 heteroatoms. The molecule has 0 radical (unpaired) electrons. The van der Waals surface area contributed by atoms with E-state index in [0.717, 1.165) is 22.2 Å². The quantitative estimate of drug-likeness (QED) is 0.649. The van der Waals surface area contributed by atoms with Crippen LogP contribution in [0.15, 0.2) is 36.4 Å². The van der Waals surface area contributed by atoms with Gasteiger partial charge in [0, 0.05) is 27.6 Å². The molecule has 28 heavy (non-hydrogen) atoms. The Hall–Kier alpha value is -3.14. The van der Waals surface area contributed by atoms with Gasteiger partial charge in [-0.25, -0.2) is 0 Å². The Morgan fingerprint density at radius 3 is 2.61 bits per heavy atom. The van der Waals surface area contributed by atoms with Gasteiger partial charge in [0.15, 0.2) is 5.78 Å². The van der Waals surface area contributed by atoms with Gasteiger partial charge < -0.3 is 19.9 Å². The summed E-state index contributed by atoms with van der Waals surface area (Å²) >= 11 is 0. The fraction of sp³-hybridized carbons (Fsp3) is 0.273. The van der Waals surface area contributed by atoms with Crippen molar-refractivity contribution in [1.82, 2.24) is 4.98 Å². The highest BCUT2D eigenvalue weighted by atomic mass is 16.5. The van der Waals surface area contributed by atoms with Gasteiger partial charge in [0.2, 0.25) is 0 Å². The molecular weight excluding hydrogens is 356 g/mol. The number of fused-ring (bicyclic) bond motifs is 4. The van der Waals surface area contributed by atoms with Crippen molar-refractivity contribution >= 4 is 16.7 Å². The molecule has 0 amide bonds. The minimum atomic E-state index is -0.714. The lowest BCUT2D eigenvalue weighted by molar-refractivity contribution is 0.0628. The summed E-state index contributed by atoms with van der Waals surface area (Å²) in [4.78, 5) is 16.6. The molecule has 1 aliphatic carbocycles. The second kappa shape index (κ2) is 6.48. The molecule has 1 aliphatic rings. The number of hydrogen-bond acceptors (Lipinski definition) is 5. The van der Waals surface area contributed by atoms with E-state index in [2.05, 4.69) is 11.1 Å². The Kier molecular flexibility index (Phi) is 4.22. The molecule has 0 unspecified atom stereocenters. The number of ketones is 1. The first kappa shape index (κ1) is 18.2. The monoisotopic (exact) mass is 376 g/mol. The molecule has 0 atom stereocenters. The Morgan fingerprint density at radius 2 is 1.93 bits per heavy atom. The second-order valence-corrected chi connectivity index (χ2v) is 7.51. The fourth-order valence-corrected chi connectivity index (χ4v) is 3.88. The van der Waals surface area contributed by atoms with Crippen LogP contribution in [0.2, 0.25) is 0 Å². The molecule has 0 fully saturated rings. The smallest absolute Gasteiger partial charge is 0.195 e. The second-order valence-electron chi connectivity index (χ2n) is 7.51. The lowest BCUT2D eigenvalue weighted by Gasteiger charge is -2.32. The molecule has 0 saturated heterocycles. The van der Waals surface area contributed by atoms with Gasteiger partial charge in [-0.2, -0.15) is 5.26 Å². The highest BCUT2D eigenvalue weighted by molar-refractivity contribution is 6.20. The van der Waals surface area contributed by atoms with E-state index in [9.17, 15) is 15.0 Å². The molecule has 1 heterocycles. The maximum atomic E-state index is 13.3. The molecule has 1 aromatic heterocycles. The van der Waals surface area contributed by atoms with Gasteiger partial charge in [0.05, 0.1) is 30.4 Å². The van der Waals surface area contributed by atoms with Crippen LogP contribution in [0.1, 0.15) is 46.6 Å². The van der Waals surface area contributed by atoms with Crippen LogP contribution in [0.25, 0.3) is 10.9 Å². The van der Waals surface area contributed by atoms with Gasteiger partial charge in [-0.1, -0.05) is 19.9 Å². The number of nitrogens with zero attached hydrogens (tertiary/aromatic N) is 1. The summed E-state index contributed by atoms with van der Waals surface area (Å²) < 4.78 is 5.63. The van der Waals surface area contributed by atoms with Crippen LogP contribution in [-0.2, 0) is 5.41 Å². The average molecular weight is 376 g/mol. The molecule has 0 aliphatic heterocycles. The standard InChI is InChI=1S/C22H20N2O4/c1-22(2)17-8-13(28-14(10-25)11-26)4-6-15(17)20(27)19-16-5-3-12(9-23)7-18(16)24-21(19)22/h3-8,14,24-26H,10-11H2,1-2H3. The first-order valence-electron chi connectivity index (χ1n) is 9.04. The predicted molar refractivity (Wildman–Crippen MR) is 104 cm³/mol. The topological polar surface area (TPSA) is 106 Å². The molecule has 3 aromatic rings. The van der Waals surface area contributed by atoms with Gasteiger partial charge in [0.1, 0.15) is 11.9 Å². The number of ether oxygens (including phenoxy) is 1. The number of aromatic amines is 1. The fourth-order valence-electron chi connectivity index (χ4n) is 3.88. The summed E-state index contributed by atoms with van der Waals surface area (Å²) in [7, 11) is 0. The Balaban J connectivity index is 1.88. The number of rotatable bonds is 4. The van der Waals surface area contributed by atoms with Gasteiger partial charge in [0.25, 0.3) is 0 Å². The summed E-state index contributed by atoms with van der Waals surface area (Å²) in [5.41, 5.74) is 3.63. The molecule has 4 rings (SSSR count). The van der Waals surface area contributed by atoms with Crippen LogP contribution in [0, 0.1) is 11.3 Å². The Morgan fingerprint density at radius 1 is 1.18 bits per heavy atom. The number of aliphatic hydroxyl groups excluding tert-OH is 2. The normalized spacial score (nSPS) is 14.6. The molecule has 142 valence electrons. The van der Waals surface area contributed by atoms with Crippen LogP contribution >= 0.6 is 0 Å². The van der Waals surface area contributed by atoms with Crippen molar-refractivity contribution in [3.05, 3.63) is 64.3 Å². The summed E-state index contributed by atoms with van der Waals surface area (Å²) in [6.45, 7) is 3.45. The predicted octanol–water partition coefficient (Wildman–Crippen LogP) is 2.64. The Labute approximate surface area is 162 Å². The van der Waals surface area contributed by atoms with Crippen molar-refractivity contribution in [3.8, 4) is 11.8 Å². The van der Waals surface area contributed by atoms with E-state index in [1.807, 2.05) is 19.9 Å². The van der Waals surface area contributed by atoms with Gasteiger partial charge in [-0.05, 0) is 35.9 Å². The minimum Gasteiger partial charge on any atom is -0.486 e. The summed E-state index contributed by atoms with van der Waals surface area (Å²) in [6.07, 6.45) is -0.714. The molecule has 6 nitrogen and oxygen atoms in total. The van der Waals surface area contributed by atoms with E-state index in [1.54, 1.807) is 30.3 Å². The number of carbonyl (C=O) groups is 1. The highest BCUT2D eigenvalue weighted by Crippen LogP contribution is 2.44. The number of aromatic nitrogens is 1. The van der Waals surface area contributed by atoms with E-state index >= 15 is 0 Å². The first-order valence-corrected chi connectivity index (χ1v) is 9.04. The van der Waals surface area contributed by atoms with E-state index in [1.165, 1.54) is 0 Å². The molecule has 0 spiro atoms. The third kappa shape index (κ3) is 2.60. The lowest BCUT2D eigenvalue weighted by atomic mass is 9.71. The molecule has 0 bridgehead atoms. The lowest BCUT2D eigenvalue weighted by Crippen LogP contribution is -2.31. The van der Waals surface area contributed by atoms with Crippen LogP contribution in [0.4, 0.5) is 0 Å². The number of nitrogens with one attached hydrogen (secondary N) is 1. The number of carbonyl (C=O) groups excluding carboxylic acids is 1. The van der Waals surface area contributed by atoms with Crippen LogP contribution in [-0.4, -0.2) is 40.3 Å². The van der Waals surface area contributed by atoms with Crippen molar-refractivity contribution in [2.75, 3.05) is 13.2 Å². The van der Waals surface area contributed by atoms with E-state index in [4.69, 9.17) is 10.00 Å². The van der Waals surface area contributed by atoms with Crippen molar-refractivity contribution in [1.29, 1.82) is 5.26 Å². The van der Waals surface area contributed by atoms with Crippen LogP contribution in [0.5, 0.6) is 5.75 Å². The van der Waals surface area contributed by atoms with E-state index in [0.29, 0.717) is 22.4 Å². The zero-order valence-corrected chi connectivity index (χ0v) is 15.6. The number of aliphatic hydroxyl groups is 2. The van der Waals surface area contributed by atoms with E-state index < -0.39 is 11.5 Å². The van der Waals surface area contributed by atoms with Gasteiger partial charge in [-0.15, -0.1) is 0 Å². The van der Waals surface area contributed by atoms with Gasteiger partial charge >= 0.3 is 0 Å². The number of H-pyrrole nitrogens is 1. The van der Waals surface area contributed by atoms with Crippen molar-refractivity contribution in [2.45, 2.75) is 25.4 Å². The van der Waals surface area contributed by atoms with Crippen molar-refractivity contribution < 1.29 is 19.7 Å². The highest BCUT2D eigenvalue weighted by Gasteiger charge is 2.39. The van der Waals surface area contributed by atoms with Crippen LogP contribution < -0.4 is 4.74 Å². The van der Waals surface area contributed by atoms with Crippen LogP contribution in [0.3, 0.4) is 0 Å². The third-order valence-electron chi connectivity index (χ3n) is 5.40. The zero-order valence-electron chi connectivity index (χ0n) is 15.6. The third-order valence-corrected chi connectivity index (χ3v) is 5.40. The SMILES string of the molecule is CC1(C)c2cc(OC(CO)CO)ccc2C(=O)c2c1[nH]c1cc(C#N)ccc21. The molecular formula is C22H20N2O4. The molecule has 2 aromatic carbocycles. The largest absolute Gasteiger partial charge is 0.486 e. The summed E-state index contributed by atoms with van der Waals surface area (Å²) in [6, 6.07) is 12.6. The summed E-state index contributed by atoms with van der Waals surface area (Å²) in [5, 5.41) is 28.5. The number of nitriles is 1. The number of benzene rings is 2. The first-order chi connectivity index (χ1) is 13.4. The molecule has 0 saturated carbocycles. The Bertz CT molecular complexity index is 1130. The zero-order chi connectivity index (χ0) is 20.1. The van der Waals surface area contributed by atoms with Crippen molar-refractivity contribution in [3.63, 3.8) is 0 Å². The number of hydrogen-bond donors (Lipinski definition) is 3. The average Bonchev–Trinajstić information content (AvgIpc) is 3.10. The van der Waals surface area contributed by atoms with Crippen molar-refractivity contribution in [2.24, 2.45) is 0 Å². The van der Waals surface area contributed by atoms with E-state index in [-0.39, 0.29) is 19.0 Å². The van der Waals surface area contributed by atoms with Gasteiger partial charge in [-0.3, -0.25) is 4.79 Å². The molecule has 3 N–H and O–H groups in total. The maximum Gasteiger partial charge on any atom is 0.195 e. The maximum absolute atomic E-state index is 13.3. The minimum absolute atomic E-state index is 0.0762.